The highest BCUT2D eigenvalue weighted by molar-refractivity contribution is 5.70. The molecule has 0 saturated carbocycles. The molecule has 0 saturated heterocycles. The topological polar surface area (TPSA) is 102 Å². The average molecular weight is 852 g/mol. The number of nitrogens with zero attached hydrogens (tertiary/aromatic N) is 1. The highest BCUT2D eigenvalue weighted by Gasteiger charge is 2.25. The van der Waals surface area contributed by atoms with Gasteiger partial charge in [0.2, 0.25) is 0 Å². The van der Waals surface area contributed by atoms with E-state index in [0.29, 0.717) is 12.8 Å². The number of aliphatic carboxylic acids is 1. The lowest BCUT2D eigenvalue weighted by atomic mass is 10.1. The summed E-state index contributed by atoms with van der Waals surface area (Å²) in [5.74, 6) is -1.86. The zero-order valence-corrected chi connectivity index (χ0v) is 39.5. The fraction of sp³-hybridized carbons (Fsp3) is 0.679. The second-order valence-electron chi connectivity index (χ2n) is 17.0. The predicted molar refractivity (Wildman–Crippen MR) is 254 cm³/mol. The van der Waals surface area contributed by atoms with Crippen molar-refractivity contribution in [2.75, 3.05) is 41.0 Å². The Kier molecular flexibility index (Phi) is 40.7. The maximum Gasteiger partial charge on any atom is 0.306 e. The number of carbonyl (C=O) groups excluding carboxylic acids is 3. The van der Waals surface area contributed by atoms with Crippen molar-refractivity contribution in [2.24, 2.45) is 0 Å². The van der Waals surface area contributed by atoms with Crippen LogP contribution in [0.4, 0.5) is 0 Å². The molecule has 0 rings (SSSR count). The van der Waals surface area contributed by atoms with E-state index in [1.165, 1.54) is 64.2 Å². The van der Waals surface area contributed by atoms with Gasteiger partial charge >= 0.3 is 11.9 Å². The summed E-state index contributed by atoms with van der Waals surface area (Å²) in [5.41, 5.74) is 0. The summed E-state index contributed by atoms with van der Waals surface area (Å²) in [5, 5.41) is 11.6. The Balaban J connectivity index is 4.43. The van der Waals surface area contributed by atoms with E-state index in [0.717, 1.165) is 77.0 Å². The number of esters is 2. The standard InChI is InChI=1S/C53H89NO7/c1-6-8-10-12-14-16-18-20-22-24-26-28-29-31-33-35-37-39-41-43-51(55)60-48-49(47-59-46-45-50(53(57)58)54(3,4)5)61-52(56)44-42-40-38-36-34-32-30-27-25-23-21-19-17-15-13-11-9-7-2/h8,10,14,16,20,22,26-28,30-31,33,37,39,49-50H,6-7,9,11-13,15,17-19,21,23-25,29,32,34-36,38,40-48H2,1-5H3/b10-8+,16-14+,22-20+,28-26+,30-27+,33-31+,39-37+. The van der Waals surface area contributed by atoms with Crippen LogP contribution in [0.2, 0.25) is 0 Å². The molecule has 0 aromatic rings. The molecular weight excluding hydrogens is 763 g/mol. The second kappa shape index (κ2) is 43.2. The first kappa shape index (κ1) is 57.5. The Morgan fingerprint density at radius 3 is 1.43 bits per heavy atom. The van der Waals surface area contributed by atoms with Gasteiger partial charge in [-0.15, -0.1) is 0 Å². The van der Waals surface area contributed by atoms with Crippen molar-refractivity contribution in [1.82, 2.24) is 0 Å². The summed E-state index contributed by atoms with van der Waals surface area (Å²) in [7, 11) is 5.38. The van der Waals surface area contributed by atoms with Gasteiger partial charge in [0.05, 0.1) is 40.3 Å². The lowest BCUT2D eigenvalue weighted by molar-refractivity contribution is -0.889. The maximum atomic E-state index is 12.8. The van der Waals surface area contributed by atoms with Gasteiger partial charge in [0.25, 0.3) is 0 Å². The third-order valence-electron chi connectivity index (χ3n) is 10.3. The van der Waals surface area contributed by atoms with E-state index >= 15 is 0 Å². The first-order chi connectivity index (χ1) is 29.6. The van der Waals surface area contributed by atoms with Gasteiger partial charge < -0.3 is 28.6 Å². The number of carboxylic acids is 1. The molecule has 0 amide bonds. The molecule has 0 spiro atoms. The van der Waals surface area contributed by atoms with Gasteiger partial charge in [-0.1, -0.05) is 170 Å². The van der Waals surface area contributed by atoms with Gasteiger partial charge in [-0.2, -0.15) is 0 Å². The third-order valence-corrected chi connectivity index (χ3v) is 10.3. The number of likely N-dealkylation sites (N-methyl/N-ethyl adjacent to an activating group) is 1. The molecule has 0 aromatic heterocycles. The minimum atomic E-state index is -1.14. The zero-order valence-electron chi connectivity index (χ0n) is 39.5. The molecule has 348 valence electrons. The van der Waals surface area contributed by atoms with Gasteiger partial charge in [-0.25, -0.2) is 0 Å². The van der Waals surface area contributed by atoms with Crippen LogP contribution >= 0.6 is 0 Å². The second-order valence-corrected chi connectivity index (χ2v) is 17.0. The number of carbonyl (C=O) groups is 3. The molecule has 0 heterocycles. The van der Waals surface area contributed by atoms with Crippen molar-refractivity contribution in [3.05, 3.63) is 85.1 Å². The Labute approximate surface area is 373 Å². The molecule has 0 aromatic carbocycles. The number of unbranched alkanes of at least 4 members (excludes halogenated alkanes) is 14. The molecule has 8 heteroatoms. The number of hydrogen-bond acceptors (Lipinski definition) is 7. The van der Waals surface area contributed by atoms with Gasteiger partial charge in [0, 0.05) is 19.3 Å². The maximum absolute atomic E-state index is 12.8. The number of ether oxygens (including phenoxy) is 3. The van der Waals surface area contributed by atoms with E-state index in [9.17, 15) is 19.5 Å². The summed E-state index contributed by atoms with van der Waals surface area (Å²) in [6.45, 7) is 4.46. The Morgan fingerprint density at radius 1 is 0.508 bits per heavy atom. The Morgan fingerprint density at radius 2 is 0.951 bits per heavy atom. The van der Waals surface area contributed by atoms with Crippen LogP contribution in [0.5, 0.6) is 0 Å². The van der Waals surface area contributed by atoms with E-state index in [-0.39, 0.29) is 49.1 Å². The summed E-state index contributed by atoms with van der Waals surface area (Å²) in [6.07, 6.45) is 56.3. The number of rotatable bonds is 42. The monoisotopic (exact) mass is 852 g/mol. The van der Waals surface area contributed by atoms with E-state index < -0.39 is 18.1 Å². The number of carboxylic acid groups (broad SMARTS) is 1. The van der Waals surface area contributed by atoms with E-state index in [1.807, 2.05) is 12.2 Å². The van der Waals surface area contributed by atoms with Crippen molar-refractivity contribution in [3.8, 4) is 0 Å². The van der Waals surface area contributed by atoms with Crippen LogP contribution in [-0.2, 0) is 28.6 Å². The number of hydrogen-bond donors (Lipinski definition) is 0. The van der Waals surface area contributed by atoms with Gasteiger partial charge in [0.15, 0.2) is 6.10 Å². The van der Waals surface area contributed by atoms with Crippen LogP contribution in [0.1, 0.15) is 181 Å². The zero-order chi connectivity index (χ0) is 44.9. The quantitative estimate of drug-likeness (QED) is 0.0261. The molecule has 0 bridgehead atoms. The van der Waals surface area contributed by atoms with E-state index in [4.69, 9.17) is 14.2 Å². The lowest BCUT2D eigenvalue weighted by Crippen LogP contribution is -2.55. The molecule has 2 unspecified atom stereocenters. The Hall–Kier alpha value is -3.49. The van der Waals surface area contributed by atoms with Crippen LogP contribution < -0.4 is 5.11 Å². The fourth-order valence-electron chi connectivity index (χ4n) is 6.56. The molecule has 0 aliphatic heterocycles. The summed E-state index contributed by atoms with van der Waals surface area (Å²) in [6, 6.07) is -0.742. The summed E-state index contributed by atoms with van der Waals surface area (Å²) in [4.78, 5) is 36.9. The lowest BCUT2D eigenvalue weighted by Gasteiger charge is -2.34. The Bertz CT molecular complexity index is 1270. The van der Waals surface area contributed by atoms with Crippen LogP contribution in [0.15, 0.2) is 85.1 Å². The van der Waals surface area contributed by atoms with Crippen molar-refractivity contribution >= 4 is 17.9 Å². The normalized spacial score (nSPS) is 13.7. The highest BCUT2D eigenvalue weighted by atomic mass is 16.6. The molecule has 0 aliphatic carbocycles. The van der Waals surface area contributed by atoms with Crippen LogP contribution in [0.3, 0.4) is 0 Å². The molecule has 0 aliphatic rings. The third kappa shape index (κ3) is 41.6. The molecule has 0 fully saturated rings. The minimum absolute atomic E-state index is 0.00965. The number of quaternary nitrogens is 1. The fourth-order valence-corrected chi connectivity index (χ4v) is 6.56. The highest BCUT2D eigenvalue weighted by Crippen LogP contribution is 2.13. The van der Waals surface area contributed by atoms with Gasteiger partial charge in [0.1, 0.15) is 12.6 Å². The first-order valence-corrected chi connectivity index (χ1v) is 24.1. The largest absolute Gasteiger partial charge is 0.544 e. The molecule has 2 atom stereocenters. The molecule has 61 heavy (non-hydrogen) atoms. The van der Waals surface area contributed by atoms with Crippen LogP contribution in [0.25, 0.3) is 0 Å². The van der Waals surface area contributed by atoms with Crippen LogP contribution in [0, 0.1) is 0 Å². The number of allylic oxidation sites excluding steroid dienone is 14. The molecule has 0 radical (unpaired) electrons. The van der Waals surface area contributed by atoms with Crippen LogP contribution in [-0.4, -0.2) is 75.5 Å². The predicted octanol–water partition coefficient (Wildman–Crippen LogP) is 12.4. The summed E-state index contributed by atoms with van der Waals surface area (Å²) >= 11 is 0. The van der Waals surface area contributed by atoms with Crippen molar-refractivity contribution in [2.45, 2.75) is 193 Å². The van der Waals surface area contributed by atoms with Gasteiger partial charge in [-0.3, -0.25) is 9.59 Å². The molecule has 8 nitrogen and oxygen atoms in total. The SMILES string of the molecule is CC/C=C/C/C=C/C/C=C/C/C=C/C/C=C/C/C=C/CCC(=O)OCC(COCCC(C(=O)[O-])[N+](C)(C)C)OC(=O)CCCCCCC/C=C/CCCCCCCCCCC. The molecular formula is C53H89NO7. The van der Waals surface area contributed by atoms with E-state index in [1.54, 1.807) is 21.1 Å². The van der Waals surface area contributed by atoms with Crippen molar-refractivity contribution < 1.29 is 38.2 Å². The first-order valence-electron chi connectivity index (χ1n) is 24.1. The smallest absolute Gasteiger partial charge is 0.306 e. The van der Waals surface area contributed by atoms with Crippen molar-refractivity contribution in [3.63, 3.8) is 0 Å². The van der Waals surface area contributed by atoms with E-state index in [2.05, 4.69) is 86.8 Å². The molecule has 0 N–H and O–H groups in total. The average Bonchev–Trinajstić information content (AvgIpc) is 3.22. The van der Waals surface area contributed by atoms with Crippen molar-refractivity contribution in [1.29, 1.82) is 0 Å². The van der Waals surface area contributed by atoms with Gasteiger partial charge in [-0.05, 0) is 77.0 Å². The minimum Gasteiger partial charge on any atom is -0.544 e. The summed E-state index contributed by atoms with van der Waals surface area (Å²) < 4.78 is 17.1.